The van der Waals surface area contributed by atoms with Gasteiger partial charge in [0.25, 0.3) is 5.91 Å². The summed E-state index contributed by atoms with van der Waals surface area (Å²) in [7, 11) is 1.76. The number of carbonyl (C=O) groups excluding carboxylic acids is 3. The molecule has 1 aliphatic carbocycles. The number of amides is 3. The van der Waals surface area contributed by atoms with Crippen molar-refractivity contribution in [2.75, 3.05) is 20.1 Å². The molecule has 2 aromatic heterocycles. The van der Waals surface area contributed by atoms with Crippen LogP contribution in [0.1, 0.15) is 85.9 Å². The van der Waals surface area contributed by atoms with Gasteiger partial charge in [0.15, 0.2) is 5.69 Å². The van der Waals surface area contributed by atoms with Gasteiger partial charge in [-0.1, -0.05) is 36.4 Å². The third-order valence-corrected chi connectivity index (χ3v) is 10.2. The Labute approximate surface area is 274 Å². The van der Waals surface area contributed by atoms with Gasteiger partial charge in [-0.3, -0.25) is 19.1 Å². The molecule has 1 saturated heterocycles. The number of piperidine rings is 1. The lowest BCUT2D eigenvalue weighted by Gasteiger charge is -2.34. The number of aromatic nitrogens is 3. The Bertz CT molecular complexity index is 1830. The minimum absolute atomic E-state index is 0.0564. The van der Waals surface area contributed by atoms with Crippen molar-refractivity contribution in [3.63, 3.8) is 0 Å². The van der Waals surface area contributed by atoms with E-state index in [1.807, 2.05) is 17.5 Å². The highest BCUT2D eigenvalue weighted by Gasteiger charge is 2.35. The first-order valence-corrected chi connectivity index (χ1v) is 16.4. The van der Waals surface area contributed by atoms with Gasteiger partial charge in [0.05, 0.1) is 27.9 Å². The van der Waals surface area contributed by atoms with E-state index in [0.717, 1.165) is 40.6 Å². The van der Waals surface area contributed by atoms with Gasteiger partial charge in [0.1, 0.15) is 6.54 Å². The first kappa shape index (κ1) is 32.4. The summed E-state index contributed by atoms with van der Waals surface area (Å²) >= 11 is 1.46. The molecule has 0 bridgehead atoms. The Morgan fingerprint density at radius 1 is 1.06 bits per heavy atom. The van der Waals surface area contributed by atoms with Gasteiger partial charge in [-0.05, 0) is 62.3 Å². The molecule has 13 heteroatoms. The van der Waals surface area contributed by atoms with Crippen molar-refractivity contribution in [2.45, 2.75) is 63.7 Å². The summed E-state index contributed by atoms with van der Waals surface area (Å²) in [6.07, 6.45) is -0.601. The first-order valence-electron chi connectivity index (χ1n) is 15.6. The molecular weight excluding hydrogens is 629 g/mol. The van der Waals surface area contributed by atoms with Crippen LogP contribution in [0.15, 0.2) is 53.9 Å². The second-order valence-electron chi connectivity index (χ2n) is 12.2. The van der Waals surface area contributed by atoms with E-state index in [9.17, 15) is 27.6 Å². The number of likely N-dealkylation sites (tertiary alicyclic amines) is 1. The number of carbonyl (C=O) groups is 3. The highest BCUT2D eigenvalue weighted by Crippen LogP contribution is 2.38. The zero-order valence-electron chi connectivity index (χ0n) is 26.1. The molecule has 1 fully saturated rings. The summed E-state index contributed by atoms with van der Waals surface area (Å²) in [4.78, 5) is 47.9. The number of aryl methyl sites for hydroxylation is 2. The van der Waals surface area contributed by atoms with Crippen LogP contribution >= 0.6 is 11.3 Å². The van der Waals surface area contributed by atoms with Crippen molar-refractivity contribution in [3.05, 3.63) is 92.6 Å². The van der Waals surface area contributed by atoms with Crippen LogP contribution in [0, 0.1) is 6.92 Å². The van der Waals surface area contributed by atoms with Gasteiger partial charge in [-0.25, -0.2) is 4.98 Å². The average Bonchev–Trinajstić information content (AvgIpc) is 3.70. The number of primary amides is 1. The van der Waals surface area contributed by atoms with Crippen LogP contribution in [0.4, 0.5) is 13.2 Å². The largest absolute Gasteiger partial charge is 0.435 e. The van der Waals surface area contributed by atoms with Crippen LogP contribution in [-0.2, 0) is 23.9 Å². The van der Waals surface area contributed by atoms with Crippen LogP contribution in [0.2, 0.25) is 0 Å². The lowest BCUT2D eigenvalue weighted by atomic mass is 9.86. The smallest absolute Gasteiger partial charge is 0.366 e. The first-order chi connectivity index (χ1) is 22.4. The maximum atomic E-state index is 14.2. The Hall–Kier alpha value is -4.52. The van der Waals surface area contributed by atoms with Gasteiger partial charge >= 0.3 is 6.18 Å². The average molecular weight is 665 g/mol. The monoisotopic (exact) mass is 664 g/mol. The highest BCUT2D eigenvalue weighted by atomic mass is 32.1. The molecule has 246 valence electrons. The zero-order chi connectivity index (χ0) is 33.5. The fourth-order valence-electron chi connectivity index (χ4n) is 6.66. The van der Waals surface area contributed by atoms with E-state index in [0.29, 0.717) is 37.2 Å². The maximum Gasteiger partial charge on any atom is 0.435 e. The van der Waals surface area contributed by atoms with Gasteiger partial charge in [0, 0.05) is 42.7 Å². The van der Waals surface area contributed by atoms with Crippen LogP contribution in [0.25, 0.3) is 11.3 Å². The highest BCUT2D eigenvalue weighted by molar-refractivity contribution is 7.10. The Morgan fingerprint density at radius 3 is 2.51 bits per heavy atom. The fourth-order valence-corrected chi connectivity index (χ4v) is 7.65. The fraction of sp³-hybridized carbons (Fsp3) is 0.382. The predicted molar refractivity (Wildman–Crippen MR) is 171 cm³/mol. The molecule has 4 aromatic rings. The molecule has 0 radical (unpaired) electrons. The number of rotatable bonds is 7. The van der Waals surface area contributed by atoms with Crippen LogP contribution in [-0.4, -0.2) is 62.4 Å². The number of halogens is 3. The molecule has 1 atom stereocenters. The number of hydrogen-bond donors (Lipinski definition) is 1. The number of hydrogen-bond acceptors (Lipinski definition) is 6. The van der Waals surface area contributed by atoms with E-state index < -0.39 is 17.8 Å². The summed E-state index contributed by atoms with van der Waals surface area (Å²) < 4.78 is 40.2. The molecule has 2 aliphatic rings. The van der Waals surface area contributed by atoms with Crippen molar-refractivity contribution in [1.82, 2.24) is 24.6 Å². The number of thiazole rings is 1. The van der Waals surface area contributed by atoms with E-state index >= 15 is 0 Å². The molecule has 1 aliphatic heterocycles. The molecule has 2 N–H and O–H groups in total. The lowest BCUT2D eigenvalue weighted by molar-refractivity contribution is -0.142. The standard InChI is InChI=1S/C34H35F3N6O3S/c1-20-17-28(34(35,36)37)40-43(20)18-29(44)42-15-13-22(14-16-42)32-39-26(19-47-32)24-10-6-11-25(31(38)45)30(24)33(46)41(2)27-12-5-8-21-7-3-4-9-23(21)27/h3-4,6-7,9-11,17,19,22,27H,5,8,12-16,18H2,1-2H3,(H2,38,45). The molecule has 2 aromatic carbocycles. The Kier molecular flexibility index (Phi) is 8.93. The van der Waals surface area contributed by atoms with E-state index in [1.165, 1.54) is 23.8 Å². The van der Waals surface area contributed by atoms with Gasteiger partial charge < -0.3 is 15.5 Å². The van der Waals surface area contributed by atoms with Crippen molar-refractivity contribution in [1.29, 1.82) is 0 Å². The van der Waals surface area contributed by atoms with Gasteiger partial charge in [0.2, 0.25) is 11.8 Å². The normalized spacial score (nSPS) is 17.0. The summed E-state index contributed by atoms with van der Waals surface area (Å²) in [6.45, 7) is 2.09. The molecular formula is C34H35F3N6O3S. The molecule has 1 unspecified atom stereocenters. The van der Waals surface area contributed by atoms with E-state index in [-0.39, 0.29) is 47.1 Å². The zero-order valence-corrected chi connectivity index (χ0v) is 26.9. The minimum Gasteiger partial charge on any atom is -0.366 e. The molecule has 0 spiro atoms. The Morgan fingerprint density at radius 2 is 1.81 bits per heavy atom. The van der Waals surface area contributed by atoms with E-state index in [4.69, 9.17) is 10.7 Å². The number of nitrogens with zero attached hydrogens (tertiary/aromatic N) is 5. The number of nitrogens with two attached hydrogens (primary N) is 1. The SMILES string of the molecule is Cc1cc(C(F)(F)F)nn1CC(=O)N1CCC(c2nc(-c3cccc(C(N)=O)c3C(=O)N(C)C3CCCc4ccccc43)cs2)CC1. The summed E-state index contributed by atoms with van der Waals surface area (Å²) in [5, 5.41) is 6.30. The molecule has 3 heterocycles. The number of alkyl halides is 3. The van der Waals surface area contributed by atoms with Crippen molar-refractivity contribution < 1.29 is 27.6 Å². The third kappa shape index (κ3) is 6.53. The van der Waals surface area contributed by atoms with E-state index in [1.54, 1.807) is 35.0 Å². The van der Waals surface area contributed by atoms with Crippen LogP contribution in [0.3, 0.4) is 0 Å². The van der Waals surface area contributed by atoms with Crippen LogP contribution < -0.4 is 5.73 Å². The quantitative estimate of drug-likeness (QED) is 0.261. The Balaban J connectivity index is 1.18. The molecule has 0 saturated carbocycles. The van der Waals surface area contributed by atoms with Crippen molar-refractivity contribution >= 4 is 29.1 Å². The maximum absolute atomic E-state index is 14.2. The van der Waals surface area contributed by atoms with Crippen LogP contribution in [0.5, 0.6) is 0 Å². The van der Waals surface area contributed by atoms with Crippen molar-refractivity contribution in [3.8, 4) is 11.3 Å². The second kappa shape index (κ2) is 12.9. The van der Waals surface area contributed by atoms with Gasteiger partial charge in [-0.15, -0.1) is 11.3 Å². The molecule has 47 heavy (non-hydrogen) atoms. The number of benzene rings is 2. The summed E-state index contributed by atoms with van der Waals surface area (Å²) in [6, 6.07) is 14.0. The summed E-state index contributed by atoms with van der Waals surface area (Å²) in [5.74, 6) is -1.23. The molecule has 6 rings (SSSR count). The minimum atomic E-state index is -4.57. The van der Waals surface area contributed by atoms with Gasteiger partial charge in [-0.2, -0.15) is 18.3 Å². The lowest BCUT2D eigenvalue weighted by Crippen LogP contribution is -2.40. The predicted octanol–water partition coefficient (Wildman–Crippen LogP) is 5.99. The second-order valence-corrected chi connectivity index (χ2v) is 13.1. The third-order valence-electron chi connectivity index (χ3n) is 9.22. The topological polar surface area (TPSA) is 114 Å². The molecule has 3 amide bonds. The molecule has 9 nitrogen and oxygen atoms in total. The number of fused-ring (bicyclic) bond motifs is 1. The summed E-state index contributed by atoms with van der Waals surface area (Å²) in [5.41, 5.74) is 8.83. The van der Waals surface area contributed by atoms with Crippen molar-refractivity contribution in [2.24, 2.45) is 5.73 Å². The van der Waals surface area contributed by atoms with E-state index in [2.05, 4.69) is 17.2 Å².